The van der Waals surface area contributed by atoms with Gasteiger partial charge < -0.3 is 8.85 Å². The third kappa shape index (κ3) is 4.14. The first-order chi connectivity index (χ1) is 8.94. The van der Waals surface area contributed by atoms with Crippen LogP contribution in [0.15, 0.2) is 48.5 Å². The average Bonchev–Trinajstić information content (AvgIpc) is 2.34. The fourth-order valence-corrected chi connectivity index (χ4v) is 3.25. The average molecular weight is 272 g/mol. The molecule has 2 nitrogen and oxygen atoms in total. The van der Waals surface area contributed by atoms with Gasteiger partial charge in [0.2, 0.25) is 0 Å². The highest BCUT2D eigenvalue weighted by Crippen LogP contribution is 2.21. The Kier molecular flexibility index (Phi) is 3.95. The maximum atomic E-state index is 6.01. The highest BCUT2D eigenvalue weighted by Gasteiger charge is 2.29. The summed E-state index contributed by atoms with van der Waals surface area (Å²) in [6.07, 6.45) is 0. The van der Waals surface area contributed by atoms with Crippen LogP contribution in [0.25, 0.3) is 0 Å². The molecule has 0 heterocycles. The van der Waals surface area contributed by atoms with Gasteiger partial charge >= 0.3 is 8.56 Å². The lowest BCUT2D eigenvalue weighted by Crippen LogP contribution is -2.41. The zero-order valence-corrected chi connectivity index (χ0v) is 12.9. The number of hydrogen-bond donors (Lipinski definition) is 0. The third-order valence-corrected chi connectivity index (χ3v) is 4.22. The summed E-state index contributed by atoms with van der Waals surface area (Å²) in [6.45, 7) is 8.23. The summed E-state index contributed by atoms with van der Waals surface area (Å²) >= 11 is 0. The highest BCUT2D eigenvalue weighted by molar-refractivity contribution is 6.66. The maximum absolute atomic E-state index is 6.01. The van der Waals surface area contributed by atoms with Gasteiger partial charge in [-0.05, 0) is 38.1 Å². The second-order valence-corrected chi connectivity index (χ2v) is 8.44. The van der Waals surface area contributed by atoms with E-state index < -0.39 is 8.56 Å². The molecule has 0 atom stereocenters. The first-order valence-corrected chi connectivity index (χ1v) is 9.28. The molecule has 0 N–H and O–H groups in total. The van der Waals surface area contributed by atoms with Crippen molar-refractivity contribution >= 4 is 8.56 Å². The molecule has 0 unspecified atom stereocenters. The van der Waals surface area contributed by atoms with Crippen LogP contribution >= 0.6 is 0 Å². The topological polar surface area (TPSA) is 18.5 Å². The largest absolute Gasteiger partial charge is 0.512 e. The van der Waals surface area contributed by atoms with Crippen molar-refractivity contribution in [3.63, 3.8) is 0 Å². The number of benzene rings is 2. The molecule has 2 aromatic carbocycles. The molecule has 0 saturated carbocycles. The van der Waals surface area contributed by atoms with Crippen LogP contribution in [0.4, 0.5) is 0 Å². The summed E-state index contributed by atoms with van der Waals surface area (Å²) < 4.78 is 12.0. The van der Waals surface area contributed by atoms with Gasteiger partial charge in [0.1, 0.15) is 11.5 Å². The molecule has 19 heavy (non-hydrogen) atoms. The van der Waals surface area contributed by atoms with E-state index in [2.05, 4.69) is 13.8 Å². The van der Waals surface area contributed by atoms with Crippen LogP contribution in [0.2, 0.25) is 13.1 Å². The van der Waals surface area contributed by atoms with Crippen molar-refractivity contribution < 1.29 is 8.85 Å². The van der Waals surface area contributed by atoms with Gasteiger partial charge in [0.15, 0.2) is 0 Å². The van der Waals surface area contributed by atoms with Gasteiger partial charge in [0.05, 0.1) is 0 Å². The van der Waals surface area contributed by atoms with Crippen molar-refractivity contribution in [3.8, 4) is 11.5 Å². The van der Waals surface area contributed by atoms with E-state index >= 15 is 0 Å². The smallest absolute Gasteiger partial charge is 0.454 e. The molecule has 0 aliphatic heterocycles. The van der Waals surface area contributed by atoms with E-state index in [1.807, 2.05) is 61.6 Å². The van der Waals surface area contributed by atoms with E-state index in [1.165, 1.54) is 11.1 Å². The van der Waals surface area contributed by atoms with Crippen LogP contribution in [0.5, 0.6) is 11.5 Å². The van der Waals surface area contributed by atoms with E-state index in [1.54, 1.807) is 0 Å². The number of aryl methyl sites for hydroxylation is 2. The Labute approximate surface area is 116 Å². The zero-order chi connectivity index (χ0) is 13.9. The van der Waals surface area contributed by atoms with E-state index in [4.69, 9.17) is 8.85 Å². The molecule has 0 saturated heterocycles. The van der Waals surface area contributed by atoms with E-state index in [-0.39, 0.29) is 0 Å². The predicted molar refractivity (Wildman–Crippen MR) is 81.1 cm³/mol. The van der Waals surface area contributed by atoms with Crippen LogP contribution in [-0.4, -0.2) is 8.56 Å². The van der Waals surface area contributed by atoms with Crippen LogP contribution in [0.3, 0.4) is 0 Å². The Morgan fingerprint density at radius 3 is 1.26 bits per heavy atom. The Morgan fingerprint density at radius 1 is 0.632 bits per heavy atom. The minimum atomic E-state index is -2.22. The molecule has 0 spiro atoms. The Morgan fingerprint density at radius 2 is 0.947 bits per heavy atom. The lowest BCUT2D eigenvalue weighted by atomic mass is 10.2. The van der Waals surface area contributed by atoms with Crippen molar-refractivity contribution in [1.82, 2.24) is 0 Å². The molecule has 2 aromatic rings. The summed E-state index contributed by atoms with van der Waals surface area (Å²) in [5, 5.41) is 0. The summed E-state index contributed by atoms with van der Waals surface area (Å²) in [6, 6.07) is 16.1. The molecule has 0 bridgehead atoms. The van der Waals surface area contributed by atoms with Crippen molar-refractivity contribution in [3.05, 3.63) is 59.7 Å². The highest BCUT2D eigenvalue weighted by atomic mass is 28.4. The molecule has 2 rings (SSSR count). The quantitative estimate of drug-likeness (QED) is 0.765. The summed E-state index contributed by atoms with van der Waals surface area (Å²) in [5.74, 6) is 1.74. The first kappa shape index (κ1) is 13.7. The van der Waals surface area contributed by atoms with Gasteiger partial charge in [0.25, 0.3) is 0 Å². The van der Waals surface area contributed by atoms with Crippen LogP contribution < -0.4 is 8.85 Å². The minimum absolute atomic E-state index is 0.870. The molecule has 3 heteroatoms. The fraction of sp³-hybridized carbons (Fsp3) is 0.250. The van der Waals surface area contributed by atoms with Crippen molar-refractivity contribution in [2.45, 2.75) is 26.9 Å². The molecule has 0 amide bonds. The lowest BCUT2D eigenvalue weighted by Gasteiger charge is -2.24. The lowest BCUT2D eigenvalue weighted by molar-refractivity contribution is 0.399. The maximum Gasteiger partial charge on any atom is 0.454 e. The Bertz CT molecular complexity index is 480. The van der Waals surface area contributed by atoms with Crippen molar-refractivity contribution in [2.75, 3.05) is 0 Å². The van der Waals surface area contributed by atoms with Gasteiger partial charge in [-0.15, -0.1) is 0 Å². The van der Waals surface area contributed by atoms with E-state index in [0.29, 0.717) is 0 Å². The minimum Gasteiger partial charge on any atom is -0.512 e. The van der Waals surface area contributed by atoms with Crippen LogP contribution in [0.1, 0.15) is 11.1 Å². The normalized spacial score (nSPS) is 11.2. The van der Waals surface area contributed by atoms with Gasteiger partial charge in [0, 0.05) is 13.1 Å². The predicted octanol–water partition coefficient (Wildman–Crippen LogP) is 4.46. The monoisotopic (exact) mass is 272 g/mol. The zero-order valence-electron chi connectivity index (χ0n) is 11.9. The van der Waals surface area contributed by atoms with Gasteiger partial charge in [-0.1, -0.05) is 35.4 Å². The van der Waals surface area contributed by atoms with E-state index in [9.17, 15) is 0 Å². The Hall–Kier alpha value is -1.74. The van der Waals surface area contributed by atoms with Gasteiger partial charge in [-0.25, -0.2) is 0 Å². The van der Waals surface area contributed by atoms with E-state index in [0.717, 1.165) is 11.5 Å². The summed E-state index contributed by atoms with van der Waals surface area (Å²) in [4.78, 5) is 0. The molecular formula is C16H20O2Si. The second kappa shape index (κ2) is 5.49. The molecule has 0 fully saturated rings. The first-order valence-electron chi connectivity index (χ1n) is 6.46. The number of hydrogen-bond acceptors (Lipinski definition) is 2. The SMILES string of the molecule is Cc1ccc(O[Si](C)(C)Oc2ccc(C)cc2)cc1. The van der Waals surface area contributed by atoms with Gasteiger partial charge in [-0.2, -0.15) is 0 Å². The second-order valence-electron chi connectivity index (χ2n) is 5.23. The van der Waals surface area contributed by atoms with Crippen LogP contribution in [0, 0.1) is 13.8 Å². The fourth-order valence-electron chi connectivity index (χ4n) is 1.80. The molecule has 0 radical (unpaired) electrons. The standard InChI is InChI=1S/C16H20O2Si/c1-13-5-9-15(10-6-13)17-19(3,4)18-16-11-7-14(2)8-12-16/h5-12H,1-4H3. The Balaban J connectivity index is 2.05. The molecule has 100 valence electrons. The molecule has 0 aromatic heterocycles. The van der Waals surface area contributed by atoms with Crippen LogP contribution in [-0.2, 0) is 0 Å². The third-order valence-electron chi connectivity index (χ3n) is 2.77. The molecular weight excluding hydrogens is 252 g/mol. The van der Waals surface area contributed by atoms with Gasteiger partial charge in [-0.3, -0.25) is 0 Å². The number of rotatable bonds is 4. The summed E-state index contributed by atoms with van der Waals surface area (Å²) in [7, 11) is -2.22. The van der Waals surface area contributed by atoms with Crippen molar-refractivity contribution in [1.29, 1.82) is 0 Å². The molecule has 0 aliphatic rings. The molecule has 0 aliphatic carbocycles. The summed E-state index contributed by atoms with van der Waals surface area (Å²) in [5.41, 5.74) is 2.46. The van der Waals surface area contributed by atoms with Crippen molar-refractivity contribution in [2.24, 2.45) is 0 Å².